The number of aryl methyl sites for hydroxylation is 1. The Morgan fingerprint density at radius 1 is 1.30 bits per heavy atom. The second-order valence-electron chi connectivity index (χ2n) is 4.44. The lowest BCUT2D eigenvalue weighted by atomic mass is 10.1. The second-order valence-corrected chi connectivity index (χ2v) is 4.44. The summed E-state index contributed by atoms with van der Waals surface area (Å²) in [6, 6.07) is 12.6. The van der Waals surface area contributed by atoms with Gasteiger partial charge in [0.2, 0.25) is 5.91 Å². The molecule has 0 saturated carbocycles. The van der Waals surface area contributed by atoms with Gasteiger partial charge in [0.05, 0.1) is 12.6 Å². The molecular weight excluding hydrogens is 254 g/mol. The third-order valence-corrected chi connectivity index (χ3v) is 2.86. The summed E-state index contributed by atoms with van der Waals surface area (Å²) in [4.78, 5) is 11.8. The summed E-state index contributed by atoms with van der Waals surface area (Å²) in [7, 11) is 0. The summed E-state index contributed by atoms with van der Waals surface area (Å²) >= 11 is 0. The van der Waals surface area contributed by atoms with Crippen molar-refractivity contribution in [2.45, 2.75) is 13.0 Å². The van der Waals surface area contributed by atoms with E-state index < -0.39 is 6.04 Å². The maximum absolute atomic E-state index is 11.8. The molecule has 0 fully saturated rings. The zero-order chi connectivity index (χ0) is 14.4. The molecule has 0 unspecified atom stereocenters. The highest BCUT2D eigenvalue weighted by molar-refractivity contribution is 5.91. The molecule has 104 valence electrons. The van der Waals surface area contributed by atoms with Crippen LogP contribution in [0.2, 0.25) is 0 Å². The third-order valence-electron chi connectivity index (χ3n) is 2.86. The van der Waals surface area contributed by atoms with Crippen LogP contribution < -0.4 is 5.32 Å². The lowest BCUT2D eigenvalue weighted by molar-refractivity contribution is -0.117. The van der Waals surface area contributed by atoms with Gasteiger partial charge in [0.15, 0.2) is 0 Å². The molecule has 1 amide bonds. The van der Waals surface area contributed by atoms with Gasteiger partial charge in [0.1, 0.15) is 11.5 Å². The van der Waals surface area contributed by atoms with Crippen molar-refractivity contribution in [2.24, 2.45) is 0 Å². The van der Waals surface area contributed by atoms with E-state index >= 15 is 0 Å². The van der Waals surface area contributed by atoms with E-state index in [2.05, 4.69) is 5.32 Å². The average Bonchev–Trinajstić information content (AvgIpc) is 2.89. The highest BCUT2D eigenvalue weighted by Crippen LogP contribution is 2.12. The van der Waals surface area contributed by atoms with Crippen molar-refractivity contribution in [2.75, 3.05) is 6.61 Å². The van der Waals surface area contributed by atoms with Gasteiger partial charge in [0.25, 0.3) is 0 Å². The number of aliphatic hydroxyl groups excluding tert-OH is 1. The van der Waals surface area contributed by atoms with Gasteiger partial charge in [-0.1, -0.05) is 30.3 Å². The molecule has 0 spiro atoms. The molecule has 4 nitrogen and oxygen atoms in total. The summed E-state index contributed by atoms with van der Waals surface area (Å²) in [5.41, 5.74) is 0.866. The first-order chi connectivity index (χ1) is 9.69. The fourth-order valence-electron chi connectivity index (χ4n) is 1.84. The number of benzene rings is 1. The fourth-order valence-corrected chi connectivity index (χ4v) is 1.84. The van der Waals surface area contributed by atoms with E-state index in [1.807, 2.05) is 43.3 Å². The molecule has 1 aromatic carbocycles. The molecule has 0 aliphatic rings. The van der Waals surface area contributed by atoms with Gasteiger partial charge < -0.3 is 14.8 Å². The lowest BCUT2D eigenvalue weighted by Crippen LogP contribution is -2.29. The fraction of sp³-hybridized carbons (Fsp3) is 0.188. The molecule has 1 heterocycles. The first-order valence-electron chi connectivity index (χ1n) is 6.40. The van der Waals surface area contributed by atoms with Gasteiger partial charge in [-0.25, -0.2) is 0 Å². The summed E-state index contributed by atoms with van der Waals surface area (Å²) in [6.07, 6.45) is 2.99. The third kappa shape index (κ3) is 3.83. The smallest absolute Gasteiger partial charge is 0.244 e. The van der Waals surface area contributed by atoms with Gasteiger partial charge >= 0.3 is 0 Å². The number of aliphatic hydroxyl groups is 1. The molecule has 0 radical (unpaired) electrons. The van der Waals surface area contributed by atoms with Crippen LogP contribution in [0.15, 0.2) is 53.0 Å². The zero-order valence-corrected chi connectivity index (χ0v) is 11.2. The number of hydrogen-bond donors (Lipinski definition) is 2. The van der Waals surface area contributed by atoms with Gasteiger partial charge in [-0.2, -0.15) is 0 Å². The normalized spacial score (nSPS) is 12.5. The molecular formula is C16H17NO3. The Kier molecular flexibility index (Phi) is 4.74. The van der Waals surface area contributed by atoms with Crippen LogP contribution in [0.5, 0.6) is 0 Å². The van der Waals surface area contributed by atoms with E-state index in [4.69, 9.17) is 4.42 Å². The number of furan rings is 1. The number of rotatable bonds is 5. The Morgan fingerprint density at radius 3 is 2.65 bits per heavy atom. The monoisotopic (exact) mass is 271 g/mol. The topological polar surface area (TPSA) is 62.5 Å². The standard InChI is InChI=1S/C16H17NO3/c1-12-7-8-14(20-12)9-10-16(19)17-15(11-18)13-5-3-2-4-6-13/h2-10,15,18H,11H2,1H3,(H,17,19)/b10-9+/t15-/m0/s1. The van der Waals surface area contributed by atoms with Crippen LogP contribution in [-0.4, -0.2) is 17.6 Å². The maximum Gasteiger partial charge on any atom is 0.244 e. The van der Waals surface area contributed by atoms with Gasteiger partial charge in [-0.05, 0) is 30.7 Å². The van der Waals surface area contributed by atoms with Crippen molar-refractivity contribution in [1.82, 2.24) is 5.32 Å². The van der Waals surface area contributed by atoms with Crippen molar-refractivity contribution < 1.29 is 14.3 Å². The Morgan fingerprint density at radius 2 is 2.05 bits per heavy atom. The lowest BCUT2D eigenvalue weighted by Gasteiger charge is -2.15. The van der Waals surface area contributed by atoms with Crippen LogP contribution in [0, 0.1) is 6.92 Å². The van der Waals surface area contributed by atoms with Crippen molar-refractivity contribution in [3.8, 4) is 0 Å². The van der Waals surface area contributed by atoms with Crippen molar-refractivity contribution in [3.05, 3.63) is 65.6 Å². The molecule has 1 aromatic heterocycles. The van der Waals surface area contributed by atoms with E-state index in [1.54, 1.807) is 12.1 Å². The summed E-state index contributed by atoms with van der Waals surface area (Å²) < 4.78 is 5.33. The van der Waals surface area contributed by atoms with E-state index in [1.165, 1.54) is 6.08 Å². The van der Waals surface area contributed by atoms with E-state index in [0.717, 1.165) is 11.3 Å². The van der Waals surface area contributed by atoms with Crippen LogP contribution in [0.1, 0.15) is 23.1 Å². The minimum atomic E-state index is -0.410. The molecule has 2 aromatic rings. The SMILES string of the molecule is Cc1ccc(/C=C/C(=O)N[C@@H](CO)c2ccccc2)o1. The van der Waals surface area contributed by atoms with Crippen LogP contribution in [-0.2, 0) is 4.79 Å². The molecule has 0 aliphatic carbocycles. The second kappa shape index (κ2) is 6.73. The van der Waals surface area contributed by atoms with Gasteiger partial charge in [0, 0.05) is 6.08 Å². The van der Waals surface area contributed by atoms with Gasteiger partial charge in [-0.15, -0.1) is 0 Å². The summed E-state index contributed by atoms with van der Waals surface area (Å²) in [6.45, 7) is 1.69. The molecule has 1 atom stereocenters. The zero-order valence-electron chi connectivity index (χ0n) is 11.2. The first-order valence-corrected chi connectivity index (χ1v) is 6.40. The Balaban J connectivity index is 1.98. The van der Waals surface area contributed by atoms with Crippen molar-refractivity contribution in [1.29, 1.82) is 0 Å². The molecule has 2 rings (SSSR count). The minimum Gasteiger partial charge on any atom is -0.462 e. The maximum atomic E-state index is 11.8. The number of carbonyl (C=O) groups is 1. The van der Waals surface area contributed by atoms with Crippen molar-refractivity contribution in [3.63, 3.8) is 0 Å². The molecule has 20 heavy (non-hydrogen) atoms. The summed E-state index contributed by atoms with van der Waals surface area (Å²) in [5.74, 6) is 1.14. The van der Waals surface area contributed by atoms with E-state index in [-0.39, 0.29) is 12.5 Å². The molecule has 2 N–H and O–H groups in total. The van der Waals surface area contributed by atoms with Crippen LogP contribution in [0.25, 0.3) is 6.08 Å². The Labute approximate surface area is 117 Å². The summed E-state index contributed by atoms with van der Waals surface area (Å²) in [5, 5.41) is 12.1. The van der Waals surface area contributed by atoms with Crippen LogP contribution in [0.4, 0.5) is 0 Å². The van der Waals surface area contributed by atoms with Crippen molar-refractivity contribution >= 4 is 12.0 Å². The minimum absolute atomic E-state index is 0.149. The van der Waals surface area contributed by atoms with Crippen LogP contribution >= 0.6 is 0 Å². The highest BCUT2D eigenvalue weighted by Gasteiger charge is 2.11. The Bertz CT molecular complexity index is 587. The number of hydrogen-bond acceptors (Lipinski definition) is 3. The predicted octanol–water partition coefficient (Wildman–Crippen LogP) is 2.45. The average molecular weight is 271 g/mol. The van der Waals surface area contributed by atoms with Crippen LogP contribution in [0.3, 0.4) is 0 Å². The number of nitrogens with one attached hydrogen (secondary N) is 1. The number of amides is 1. The van der Waals surface area contributed by atoms with E-state index in [0.29, 0.717) is 5.76 Å². The Hall–Kier alpha value is -2.33. The first kappa shape index (κ1) is 14.1. The molecule has 0 bridgehead atoms. The van der Waals surface area contributed by atoms with Gasteiger partial charge in [-0.3, -0.25) is 4.79 Å². The molecule has 0 aliphatic heterocycles. The van der Waals surface area contributed by atoms with E-state index in [9.17, 15) is 9.90 Å². The predicted molar refractivity (Wildman–Crippen MR) is 76.9 cm³/mol. The molecule has 0 saturated heterocycles. The largest absolute Gasteiger partial charge is 0.462 e. The quantitative estimate of drug-likeness (QED) is 0.821. The molecule has 4 heteroatoms. The highest BCUT2D eigenvalue weighted by atomic mass is 16.3. The number of carbonyl (C=O) groups excluding carboxylic acids is 1.